The number of aryl methyl sites for hydroxylation is 2. The molecule has 0 fully saturated rings. The van der Waals surface area contributed by atoms with Gasteiger partial charge in [-0.3, -0.25) is 4.79 Å². The van der Waals surface area contributed by atoms with Gasteiger partial charge in [0.25, 0.3) is 5.56 Å². The molecule has 1 N–H and O–H groups in total. The zero-order chi connectivity index (χ0) is 11.7. The molecule has 0 amide bonds. The van der Waals surface area contributed by atoms with Crippen molar-refractivity contribution in [2.75, 3.05) is 0 Å². The summed E-state index contributed by atoms with van der Waals surface area (Å²) in [5.41, 5.74) is 0.570. The van der Waals surface area contributed by atoms with Gasteiger partial charge in [0.15, 0.2) is 5.65 Å². The van der Waals surface area contributed by atoms with Gasteiger partial charge in [-0.1, -0.05) is 13.8 Å². The Bertz CT molecular complexity index is 553. The number of fused-ring (bicyclic) bond motifs is 1. The van der Waals surface area contributed by atoms with E-state index in [9.17, 15) is 4.79 Å². The van der Waals surface area contributed by atoms with Crippen LogP contribution < -0.4 is 5.56 Å². The lowest BCUT2D eigenvalue weighted by Crippen LogP contribution is -2.11. The molecule has 86 valence electrons. The summed E-state index contributed by atoms with van der Waals surface area (Å²) in [6, 6.07) is 0. The minimum atomic E-state index is -0.113. The molecule has 5 nitrogen and oxygen atoms in total. The van der Waals surface area contributed by atoms with Gasteiger partial charge in [0.05, 0.1) is 6.20 Å². The zero-order valence-corrected chi connectivity index (χ0v) is 9.82. The van der Waals surface area contributed by atoms with Crippen LogP contribution in [0.2, 0.25) is 0 Å². The normalized spacial score (nSPS) is 11.5. The number of hydrogen-bond acceptors (Lipinski definition) is 3. The second-order valence-electron chi connectivity index (χ2n) is 4.44. The number of hydrogen-bond donors (Lipinski definition) is 1. The SMILES string of the molecule is Cc1nc2c(cnn2CCC(C)C)c(=O)[nH]1. The van der Waals surface area contributed by atoms with Crippen LogP contribution in [0.4, 0.5) is 0 Å². The summed E-state index contributed by atoms with van der Waals surface area (Å²) in [5, 5.41) is 4.77. The van der Waals surface area contributed by atoms with Crippen LogP contribution in [0.3, 0.4) is 0 Å². The van der Waals surface area contributed by atoms with E-state index in [-0.39, 0.29) is 5.56 Å². The topological polar surface area (TPSA) is 63.6 Å². The number of nitrogens with zero attached hydrogens (tertiary/aromatic N) is 3. The third kappa shape index (κ3) is 1.98. The second-order valence-corrected chi connectivity index (χ2v) is 4.44. The predicted octanol–water partition coefficient (Wildman–Crippen LogP) is 1.47. The highest BCUT2D eigenvalue weighted by Crippen LogP contribution is 2.09. The Morgan fingerprint density at radius 3 is 2.94 bits per heavy atom. The summed E-state index contributed by atoms with van der Waals surface area (Å²) in [5.74, 6) is 1.24. The summed E-state index contributed by atoms with van der Waals surface area (Å²) in [6.45, 7) is 6.91. The Labute approximate surface area is 93.5 Å². The third-order valence-corrected chi connectivity index (χ3v) is 2.54. The fourth-order valence-corrected chi connectivity index (χ4v) is 1.62. The van der Waals surface area contributed by atoms with Crippen molar-refractivity contribution in [2.24, 2.45) is 5.92 Å². The van der Waals surface area contributed by atoms with Gasteiger partial charge < -0.3 is 4.98 Å². The first-order valence-electron chi connectivity index (χ1n) is 5.50. The molecular weight excluding hydrogens is 204 g/mol. The van der Waals surface area contributed by atoms with Gasteiger partial charge in [-0.05, 0) is 19.3 Å². The molecule has 16 heavy (non-hydrogen) atoms. The van der Waals surface area contributed by atoms with Crippen LogP contribution >= 0.6 is 0 Å². The van der Waals surface area contributed by atoms with Crippen LogP contribution in [0.5, 0.6) is 0 Å². The van der Waals surface area contributed by atoms with Crippen molar-refractivity contribution >= 4 is 11.0 Å². The van der Waals surface area contributed by atoms with Gasteiger partial charge in [-0.25, -0.2) is 9.67 Å². The molecule has 0 aliphatic carbocycles. The summed E-state index contributed by atoms with van der Waals surface area (Å²) in [4.78, 5) is 18.6. The molecule has 0 saturated carbocycles. The van der Waals surface area contributed by atoms with Gasteiger partial charge >= 0.3 is 0 Å². The summed E-state index contributed by atoms with van der Waals surface area (Å²) in [7, 11) is 0. The molecule has 2 rings (SSSR count). The Hall–Kier alpha value is -1.65. The van der Waals surface area contributed by atoms with Crippen molar-refractivity contribution in [3.05, 3.63) is 22.4 Å². The monoisotopic (exact) mass is 220 g/mol. The number of aromatic amines is 1. The van der Waals surface area contributed by atoms with E-state index in [0.717, 1.165) is 13.0 Å². The van der Waals surface area contributed by atoms with E-state index in [0.29, 0.717) is 22.8 Å². The molecule has 0 spiro atoms. The van der Waals surface area contributed by atoms with Gasteiger partial charge in [0, 0.05) is 6.54 Å². The fraction of sp³-hybridized carbons (Fsp3) is 0.545. The Morgan fingerprint density at radius 1 is 1.50 bits per heavy atom. The van der Waals surface area contributed by atoms with Gasteiger partial charge in [-0.2, -0.15) is 5.10 Å². The number of rotatable bonds is 3. The van der Waals surface area contributed by atoms with Crippen molar-refractivity contribution in [3.8, 4) is 0 Å². The smallest absolute Gasteiger partial charge is 0.262 e. The van der Waals surface area contributed by atoms with Crippen molar-refractivity contribution in [2.45, 2.75) is 33.7 Å². The Balaban J connectivity index is 2.44. The second kappa shape index (κ2) is 4.08. The molecule has 0 aliphatic heterocycles. The van der Waals surface area contributed by atoms with Crippen LogP contribution in [0.15, 0.2) is 11.0 Å². The lowest BCUT2D eigenvalue weighted by molar-refractivity contribution is 0.494. The summed E-state index contributed by atoms with van der Waals surface area (Å²) < 4.78 is 1.80. The van der Waals surface area contributed by atoms with Crippen molar-refractivity contribution < 1.29 is 0 Å². The van der Waals surface area contributed by atoms with Crippen LogP contribution in [0.25, 0.3) is 11.0 Å². The number of nitrogens with one attached hydrogen (secondary N) is 1. The largest absolute Gasteiger partial charge is 0.310 e. The highest BCUT2D eigenvalue weighted by molar-refractivity contribution is 5.72. The molecule has 0 aromatic carbocycles. The highest BCUT2D eigenvalue weighted by atomic mass is 16.1. The maximum atomic E-state index is 11.6. The van der Waals surface area contributed by atoms with Crippen LogP contribution in [0, 0.1) is 12.8 Å². The third-order valence-electron chi connectivity index (χ3n) is 2.54. The van der Waals surface area contributed by atoms with Crippen molar-refractivity contribution in [1.82, 2.24) is 19.7 Å². The lowest BCUT2D eigenvalue weighted by Gasteiger charge is -2.05. The molecule has 2 heterocycles. The highest BCUT2D eigenvalue weighted by Gasteiger charge is 2.08. The molecule has 5 heteroatoms. The summed E-state index contributed by atoms with van der Waals surface area (Å²) in [6.07, 6.45) is 2.62. The first-order chi connectivity index (χ1) is 7.58. The lowest BCUT2D eigenvalue weighted by atomic mass is 10.1. The van der Waals surface area contributed by atoms with Gasteiger partial charge in [0.1, 0.15) is 11.2 Å². The fourth-order valence-electron chi connectivity index (χ4n) is 1.62. The quantitative estimate of drug-likeness (QED) is 0.852. The van der Waals surface area contributed by atoms with E-state index in [1.165, 1.54) is 0 Å². The molecular formula is C11H16N4O. The summed E-state index contributed by atoms with van der Waals surface area (Å²) >= 11 is 0. The molecule has 2 aromatic rings. The molecule has 0 unspecified atom stereocenters. The van der Waals surface area contributed by atoms with E-state index in [1.54, 1.807) is 17.8 Å². The van der Waals surface area contributed by atoms with E-state index in [4.69, 9.17) is 0 Å². The minimum Gasteiger partial charge on any atom is -0.310 e. The first-order valence-corrected chi connectivity index (χ1v) is 5.50. The van der Waals surface area contributed by atoms with Crippen LogP contribution in [-0.2, 0) is 6.54 Å². The first kappa shape index (κ1) is 10.9. The minimum absolute atomic E-state index is 0.113. The van der Waals surface area contributed by atoms with Gasteiger partial charge in [-0.15, -0.1) is 0 Å². The standard InChI is InChI=1S/C11H16N4O/c1-7(2)4-5-15-10-9(6-12-15)11(16)14-8(3)13-10/h6-7H,4-5H2,1-3H3,(H,13,14,16). The molecule has 0 atom stereocenters. The van der Waals surface area contributed by atoms with E-state index in [2.05, 4.69) is 28.9 Å². The number of H-pyrrole nitrogens is 1. The van der Waals surface area contributed by atoms with Gasteiger partial charge in [0.2, 0.25) is 0 Å². The number of aromatic nitrogens is 4. The van der Waals surface area contributed by atoms with Crippen LogP contribution in [0.1, 0.15) is 26.1 Å². The molecule has 0 aliphatic rings. The van der Waals surface area contributed by atoms with Crippen molar-refractivity contribution in [1.29, 1.82) is 0 Å². The zero-order valence-electron chi connectivity index (χ0n) is 9.82. The maximum Gasteiger partial charge on any atom is 0.262 e. The maximum absolute atomic E-state index is 11.6. The average molecular weight is 220 g/mol. The van der Waals surface area contributed by atoms with Crippen molar-refractivity contribution in [3.63, 3.8) is 0 Å². The molecule has 0 radical (unpaired) electrons. The Kier molecular flexibility index (Phi) is 2.77. The molecule has 0 bridgehead atoms. The average Bonchev–Trinajstić information content (AvgIpc) is 2.58. The van der Waals surface area contributed by atoms with E-state index in [1.807, 2.05) is 0 Å². The predicted molar refractivity (Wildman–Crippen MR) is 62.3 cm³/mol. The van der Waals surface area contributed by atoms with Crippen LogP contribution in [-0.4, -0.2) is 19.7 Å². The Morgan fingerprint density at radius 2 is 2.25 bits per heavy atom. The molecule has 2 aromatic heterocycles. The van der Waals surface area contributed by atoms with E-state index < -0.39 is 0 Å². The molecule has 0 saturated heterocycles. The van der Waals surface area contributed by atoms with E-state index >= 15 is 0 Å².